The van der Waals surface area contributed by atoms with Crippen molar-refractivity contribution in [3.63, 3.8) is 0 Å². The number of pyridine rings is 1. The van der Waals surface area contributed by atoms with Gasteiger partial charge in [0, 0.05) is 30.9 Å². The third-order valence-electron chi connectivity index (χ3n) is 10.2. The number of ether oxygens (including phenoxy) is 2. The van der Waals surface area contributed by atoms with E-state index in [0.717, 1.165) is 49.1 Å². The molecule has 6 heteroatoms. The van der Waals surface area contributed by atoms with Gasteiger partial charge in [0.2, 0.25) is 5.88 Å². The van der Waals surface area contributed by atoms with Crippen molar-refractivity contribution in [1.82, 2.24) is 9.88 Å². The Bertz CT molecular complexity index is 1430. The fraction of sp³-hybridized carbons (Fsp3) is 0.486. The van der Waals surface area contributed by atoms with Gasteiger partial charge >= 0.3 is 5.97 Å². The Morgan fingerprint density at radius 3 is 2.51 bits per heavy atom. The van der Waals surface area contributed by atoms with Crippen molar-refractivity contribution in [2.45, 2.75) is 88.9 Å². The molecule has 2 saturated heterocycles. The van der Waals surface area contributed by atoms with Gasteiger partial charge in [-0.25, -0.2) is 4.98 Å². The lowest BCUT2D eigenvalue weighted by molar-refractivity contribution is -0.142. The molecule has 2 aromatic carbocycles. The van der Waals surface area contributed by atoms with Crippen LogP contribution in [0.4, 0.5) is 0 Å². The largest absolute Gasteiger partial charge is 0.485 e. The second-order valence-corrected chi connectivity index (χ2v) is 12.6. The number of benzene rings is 2. The van der Waals surface area contributed by atoms with Gasteiger partial charge < -0.3 is 14.6 Å². The molecule has 0 amide bonds. The zero-order valence-electron chi connectivity index (χ0n) is 24.1. The van der Waals surface area contributed by atoms with Crippen LogP contribution in [0.25, 0.3) is 11.1 Å². The first kappa shape index (κ1) is 26.5. The van der Waals surface area contributed by atoms with E-state index in [0.29, 0.717) is 23.9 Å². The molecule has 4 aliphatic rings. The van der Waals surface area contributed by atoms with Crippen LogP contribution in [0.1, 0.15) is 86.1 Å². The summed E-state index contributed by atoms with van der Waals surface area (Å²) >= 11 is 0. The summed E-state index contributed by atoms with van der Waals surface area (Å²) in [4.78, 5) is 19.0. The molecule has 3 fully saturated rings. The van der Waals surface area contributed by atoms with Crippen molar-refractivity contribution in [2.75, 3.05) is 7.11 Å². The summed E-state index contributed by atoms with van der Waals surface area (Å²) in [5, 5.41) is 9.77. The fourth-order valence-electron chi connectivity index (χ4n) is 7.80. The van der Waals surface area contributed by atoms with E-state index in [1.165, 1.54) is 47.9 Å². The molecule has 6 nitrogen and oxygen atoms in total. The molecule has 41 heavy (non-hydrogen) atoms. The Kier molecular flexibility index (Phi) is 6.98. The Balaban J connectivity index is 1.20. The highest BCUT2D eigenvalue weighted by atomic mass is 16.5. The van der Waals surface area contributed by atoms with Crippen LogP contribution >= 0.6 is 0 Å². The molecule has 1 saturated carbocycles. The van der Waals surface area contributed by atoms with Gasteiger partial charge in [-0.1, -0.05) is 37.3 Å². The molecule has 1 N–H and O–H groups in total. The number of hydrogen-bond acceptors (Lipinski definition) is 5. The third-order valence-corrected chi connectivity index (χ3v) is 10.2. The maximum atomic E-state index is 11.9. The molecule has 0 radical (unpaired) electrons. The molecule has 3 aromatic rings. The van der Waals surface area contributed by atoms with E-state index in [1.54, 1.807) is 7.11 Å². The molecule has 4 heterocycles. The summed E-state index contributed by atoms with van der Waals surface area (Å²) < 4.78 is 12.2. The number of rotatable bonds is 9. The predicted octanol–water partition coefficient (Wildman–Crippen LogP) is 7.16. The van der Waals surface area contributed by atoms with E-state index in [4.69, 9.17) is 9.47 Å². The number of fused-ring (bicyclic) bond motifs is 3. The van der Waals surface area contributed by atoms with Gasteiger partial charge in [0.25, 0.3) is 0 Å². The van der Waals surface area contributed by atoms with Crippen LogP contribution in [0.3, 0.4) is 0 Å². The number of aromatic nitrogens is 1. The summed E-state index contributed by atoms with van der Waals surface area (Å²) in [6.45, 7) is 2.80. The van der Waals surface area contributed by atoms with Crippen molar-refractivity contribution in [3.05, 3.63) is 77.0 Å². The van der Waals surface area contributed by atoms with Crippen molar-refractivity contribution in [1.29, 1.82) is 0 Å². The Morgan fingerprint density at radius 2 is 1.80 bits per heavy atom. The topological polar surface area (TPSA) is 71.9 Å². The van der Waals surface area contributed by atoms with Crippen LogP contribution in [0.2, 0.25) is 0 Å². The number of carboxylic acids is 1. The molecule has 1 aliphatic carbocycles. The van der Waals surface area contributed by atoms with Crippen LogP contribution in [0.5, 0.6) is 11.6 Å². The Labute approximate surface area is 242 Å². The fourth-order valence-corrected chi connectivity index (χ4v) is 7.80. The summed E-state index contributed by atoms with van der Waals surface area (Å²) in [5.41, 5.74) is 7.23. The lowest BCUT2D eigenvalue weighted by Gasteiger charge is -2.30. The lowest BCUT2D eigenvalue weighted by Crippen LogP contribution is -2.28. The van der Waals surface area contributed by atoms with Crippen LogP contribution in [0, 0.1) is 11.8 Å². The summed E-state index contributed by atoms with van der Waals surface area (Å²) in [6, 6.07) is 18.8. The van der Waals surface area contributed by atoms with Crippen LogP contribution in [-0.2, 0) is 17.8 Å². The highest BCUT2D eigenvalue weighted by Crippen LogP contribution is 2.48. The Hall–Kier alpha value is -3.38. The number of carboxylic acid groups (broad SMARTS) is 1. The van der Waals surface area contributed by atoms with Crippen molar-refractivity contribution >= 4 is 5.97 Å². The zero-order valence-corrected chi connectivity index (χ0v) is 24.1. The highest BCUT2D eigenvalue weighted by molar-refractivity contribution is 5.71. The Morgan fingerprint density at radius 1 is 1.02 bits per heavy atom. The average molecular weight is 553 g/mol. The second-order valence-electron chi connectivity index (χ2n) is 12.6. The van der Waals surface area contributed by atoms with Gasteiger partial charge in [0.1, 0.15) is 11.9 Å². The predicted molar refractivity (Wildman–Crippen MR) is 158 cm³/mol. The quantitative estimate of drug-likeness (QED) is 0.304. The maximum absolute atomic E-state index is 11.9. The molecule has 1 aromatic heterocycles. The minimum absolute atomic E-state index is 0.0240. The van der Waals surface area contributed by atoms with Gasteiger partial charge in [-0.2, -0.15) is 0 Å². The maximum Gasteiger partial charge on any atom is 0.306 e. The SMILES string of the molecule is COc1cc(-c2ccc(C3CCc4ccc([C@H](C5CC5)[C@H](C)C(=O)O)cc4O3)cc2CN2C3CCC2CC3)ccn1. The number of aryl methyl sites for hydroxylation is 1. The molecule has 214 valence electrons. The van der Waals surface area contributed by atoms with Crippen LogP contribution in [0.15, 0.2) is 54.7 Å². The molecule has 7 rings (SSSR count). The molecule has 1 unspecified atom stereocenters. The first-order valence-corrected chi connectivity index (χ1v) is 15.4. The number of hydrogen-bond donors (Lipinski definition) is 1. The van der Waals surface area contributed by atoms with Gasteiger partial charge in [-0.05, 0) is 109 Å². The zero-order chi connectivity index (χ0) is 28.1. The van der Waals surface area contributed by atoms with E-state index >= 15 is 0 Å². The normalized spacial score (nSPS) is 24.9. The number of methoxy groups -OCH3 is 1. The molecule has 0 spiro atoms. The van der Waals surface area contributed by atoms with Crippen LogP contribution in [-0.4, -0.2) is 40.2 Å². The molecular formula is C35H40N2O4. The van der Waals surface area contributed by atoms with Crippen molar-refractivity contribution in [2.24, 2.45) is 11.8 Å². The lowest BCUT2D eigenvalue weighted by atomic mass is 9.82. The smallest absolute Gasteiger partial charge is 0.306 e. The van der Waals surface area contributed by atoms with E-state index < -0.39 is 11.9 Å². The van der Waals surface area contributed by atoms with Crippen molar-refractivity contribution in [3.8, 4) is 22.8 Å². The third kappa shape index (κ3) is 5.12. The standard InChI is InChI=1S/C35H40N2O4/c1-21(35(38)39)34(23-4-5-23)26-6-3-22-8-14-31(41-32(22)18-26)25-7-13-30(24-15-16-36-33(19-24)40-2)27(17-25)20-37-28-9-10-29(37)12-11-28/h3,6-7,13,15-19,21,23,28-29,31,34H,4-5,8-12,14,20H2,1-2H3,(H,38,39)/t21-,28?,29?,31?,34-/m0/s1. The number of aliphatic carboxylic acids is 1. The average Bonchev–Trinajstić information content (AvgIpc) is 3.68. The molecule has 2 bridgehead atoms. The van der Waals surface area contributed by atoms with E-state index in [-0.39, 0.29) is 12.0 Å². The summed E-state index contributed by atoms with van der Waals surface area (Å²) in [5.74, 6) is 0.932. The first-order chi connectivity index (χ1) is 20.0. The van der Waals surface area contributed by atoms with Crippen molar-refractivity contribution < 1.29 is 19.4 Å². The number of nitrogens with zero attached hydrogens (tertiary/aromatic N) is 2. The van der Waals surface area contributed by atoms with Gasteiger partial charge in [0.15, 0.2) is 0 Å². The van der Waals surface area contributed by atoms with E-state index in [1.807, 2.05) is 19.2 Å². The molecule has 3 atom stereocenters. The number of carbonyl (C=O) groups is 1. The summed E-state index contributed by atoms with van der Waals surface area (Å²) in [7, 11) is 1.66. The first-order valence-electron chi connectivity index (χ1n) is 15.4. The molecule has 3 aliphatic heterocycles. The van der Waals surface area contributed by atoms with Gasteiger partial charge in [-0.3, -0.25) is 9.69 Å². The minimum atomic E-state index is -0.718. The van der Waals surface area contributed by atoms with Gasteiger partial charge in [-0.15, -0.1) is 0 Å². The van der Waals surface area contributed by atoms with E-state index in [2.05, 4.69) is 52.3 Å². The van der Waals surface area contributed by atoms with E-state index in [9.17, 15) is 9.90 Å². The monoisotopic (exact) mass is 552 g/mol. The minimum Gasteiger partial charge on any atom is -0.485 e. The molecular weight excluding hydrogens is 512 g/mol. The second kappa shape index (κ2) is 10.8. The van der Waals surface area contributed by atoms with Crippen LogP contribution < -0.4 is 9.47 Å². The van der Waals surface area contributed by atoms with Gasteiger partial charge in [0.05, 0.1) is 13.0 Å². The highest BCUT2D eigenvalue weighted by Gasteiger charge is 2.40. The summed E-state index contributed by atoms with van der Waals surface area (Å²) in [6.07, 6.45) is 11.2.